The Labute approximate surface area is 100 Å². The predicted octanol–water partition coefficient (Wildman–Crippen LogP) is 2.39. The molecule has 0 radical (unpaired) electrons. The standard InChI is InChI=1S/C13H15NO3/c1-8(2)12(13(15)16)10-6-9(7-14)4-5-11(10)17-3/h4-6,8,12H,1-3H3,(H,15,16). The monoisotopic (exact) mass is 233 g/mol. The van der Waals surface area contributed by atoms with Crippen molar-refractivity contribution in [2.45, 2.75) is 19.8 Å². The molecule has 1 unspecified atom stereocenters. The van der Waals surface area contributed by atoms with Crippen molar-refractivity contribution in [3.05, 3.63) is 29.3 Å². The molecule has 1 atom stereocenters. The first kappa shape index (κ1) is 13.0. The SMILES string of the molecule is COc1ccc(C#N)cc1C(C(=O)O)C(C)C. The highest BCUT2D eigenvalue weighted by molar-refractivity contribution is 5.77. The van der Waals surface area contributed by atoms with Gasteiger partial charge in [0, 0.05) is 5.56 Å². The second kappa shape index (κ2) is 5.35. The maximum absolute atomic E-state index is 11.3. The molecular weight excluding hydrogens is 218 g/mol. The van der Waals surface area contributed by atoms with Crippen LogP contribution in [0.4, 0.5) is 0 Å². The smallest absolute Gasteiger partial charge is 0.311 e. The Hall–Kier alpha value is -2.02. The Kier molecular flexibility index (Phi) is 4.11. The number of benzene rings is 1. The number of methoxy groups -OCH3 is 1. The van der Waals surface area contributed by atoms with Crippen LogP contribution < -0.4 is 4.74 Å². The fraction of sp³-hybridized carbons (Fsp3) is 0.385. The van der Waals surface area contributed by atoms with E-state index in [1.165, 1.54) is 7.11 Å². The quantitative estimate of drug-likeness (QED) is 0.866. The zero-order valence-corrected chi connectivity index (χ0v) is 10.1. The van der Waals surface area contributed by atoms with E-state index in [1.807, 2.05) is 19.9 Å². The van der Waals surface area contributed by atoms with E-state index in [1.54, 1.807) is 18.2 Å². The van der Waals surface area contributed by atoms with E-state index < -0.39 is 11.9 Å². The summed E-state index contributed by atoms with van der Waals surface area (Å²) in [6.45, 7) is 3.66. The van der Waals surface area contributed by atoms with Crippen LogP contribution >= 0.6 is 0 Å². The van der Waals surface area contributed by atoms with Gasteiger partial charge in [-0.15, -0.1) is 0 Å². The molecule has 0 bridgehead atoms. The first-order valence-corrected chi connectivity index (χ1v) is 5.32. The first-order chi connectivity index (χ1) is 8.01. The predicted molar refractivity (Wildman–Crippen MR) is 62.9 cm³/mol. The van der Waals surface area contributed by atoms with E-state index in [-0.39, 0.29) is 5.92 Å². The summed E-state index contributed by atoms with van der Waals surface area (Å²) < 4.78 is 5.15. The number of carbonyl (C=O) groups is 1. The van der Waals surface area contributed by atoms with Gasteiger partial charge in [0.05, 0.1) is 24.7 Å². The number of carboxylic acids is 1. The zero-order valence-electron chi connectivity index (χ0n) is 10.1. The van der Waals surface area contributed by atoms with Gasteiger partial charge in [-0.3, -0.25) is 4.79 Å². The molecule has 17 heavy (non-hydrogen) atoms. The molecule has 0 heterocycles. The van der Waals surface area contributed by atoms with Gasteiger partial charge < -0.3 is 9.84 Å². The number of ether oxygens (including phenoxy) is 1. The molecule has 4 heteroatoms. The number of nitrogens with zero attached hydrogens (tertiary/aromatic N) is 1. The lowest BCUT2D eigenvalue weighted by atomic mass is 9.87. The van der Waals surface area contributed by atoms with Crippen LogP contribution in [-0.2, 0) is 4.79 Å². The molecule has 0 saturated heterocycles. The molecule has 0 aliphatic heterocycles. The van der Waals surface area contributed by atoms with Gasteiger partial charge in [0.1, 0.15) is 5.75 Å². The minimum atomic E-state index is -0.909. The summed E-state index contributed by atoms with van der Waals surface area (Å²) in [4.78, 5) is 11.3. The fourth-order valence-corrected chi connectivity index (χ4v) is 1.82. The maximum atomic E-state index is 11.3. The summed E-state index contributed by atoms with van der Waals surface area (Å²) in [7, 11) is 1.49. The van der Waals surface area contributed by atoms with Crippen LogP contribution in [0.15, 0.2) is 18.2 Å². The van der Waals surface area contributed by atoms with Crippen molar-refractivity contribution >= 4 is 5.97 Å². The van der Waals surface area contributed by atoms with Crippen molar-refractivity contribution in [2.75, 3.05) is 7.11 Å². The Bertz CT molecular complexity index is 460. The van der Waals surface area contributed by atoms with Crippen molar-refractivity contribution in [2.24, 2.45) is 5.92 Å². The van der Waals surface area contributed by atoms with E-state index in [9.17, 15) is 9.90 Å². The lowest BCUT2D eigenvalue weighted by molar-refractivity contribution is -0.139. The molecule has 0 fully saturated rings. The summed E-state index contributed by atoms with van der Waals surface area (Å²) in [6, 6.07) is 6.83. The van der Waals surface area contributed by atoms with Gasteiger partial charge in [-0.1, -0.05) is 13.8 Å². The molecule has 0 amide bonds. The Morgan fingerprint density at radius 2 is 2.12 bits per heavy atom. The molecule has 4 nitrogen and oxygen atoms in total. The van der Waals surface area contributed by atoms with Crippen LogP contribution in [-0.4, -0.2) is 18.2 Å². The van der Waals surface area contributed by atoms with Crippen LogP contribution in [0.1, 0.15) is 30.9 Å². The summed E-state index contributed by atoms with van der Waals surface area (Å²) in [5.41, 5.74) is 0.988. The van der Waals surface area contributed by atoms with Crippen LogP contribution in [0.2, 0.25) is 0 Å². The Morgan fingerprint density at radius 3 is 2.53 bits per heavy atom. The number of rotatable bonds is 4. The van der Waals surface area contributed by atoms with Gasteiger partial charge in [-0.05, 0) is 24.1 Å². The van der Waals surface area contributed by atoms with Crippen molar-refractivity contribution in [1.82, 2.24) is 0 Å². The molecule has 1 aromatic rings. The third-order valence-electron chi connectivity index (χ3n) is 2.63. The van der Waals surface area contributed by atoms with Crippen LogP contribution in [0.25, 0.3) is 0 Å². The number of hydrogen-bond acceptors (Lipinski definition) is 3. The summed E-state index contributed by atoms with van der Waals surface area (Å²) >= 11 is 0. The van der Waals surface area contributed by atoms with E-state index >= 15 is 0 Å². The highest BCUT2D eigenvalue weighted by Crippen LogP contribution is 2.32. The van der Waals surface area contributed by atoms with Crippen LogP contribution in [0.3, 0.4) is 0 Å². The molecule has 1 N–H and O–H groups in total. The first-order valence-electron chi connectivity index (χ1n) is 5.32. The molecule has 0 saturated carbocycles. The zero-order chi connectivity index (χ0) is 13.0. The van der Waals surface area contributed by atoms with Crippen molar-refractivity contribution in [3.63, 3.8) is 0 Å². The maximum Gasteiger partial charge on any atom is 0.311 e. The Balaban J connectivity index is 3.34. The van der Waals surface area contributed by atoms with E-state index in [0.717, 1.165) is 0 Å². The second-order valence-electron chi connectivity index (χ2n) is 4.13. The highest BCUT2D eigenvalue weighted by atomic mass is 16.5. The third kappa shape index (κ3) is 2.76. The molecule has 90 valence electrons. The highest BCUT2D eigenvalue weighted by Gasteiger charge is 2.26. The molecular formula is C13H15NO3. The van der Waals surface area contributed by atoms with Gasteiger partial charge in [0.2, 0.25) is 0 Å². The minimum Gasteiger partial charge on any atom is -0.496 e. The number of nitriles is 1. The molecule has 1 rings (SSSR count). The van der Waals surface area contributed by atoms with Gasteiger partial charge in [0.25, 0.3) is 0 Å². The van der Waals surface area contributed by atoms with Gasteiger partial charge in [0.15, 0.2) is 0 Å². The number of aliphatic carboxylic acids is 1. The second-order valence-corrected chi connectivity index (χ2v) is 4.13. The van der Waals surface area contributed by atoms with E-state index in [2.05, 4.69) is 0 Å². The fourth-order valence-electron chi connectivity index (χ4n) is 1.82. The average molecular weight is 233 g/mol. The summed E-state index contributed by atoms with van der Waals surface area (Å²) in [5.74, 6) is -1.15. The van der Waals surface area contributed by atoms with Crippen molar-refractivity contribution in [3.8, 4) is 11.8 Å². The summed E-state index contributed by atoms with van der Waals surface area (Å²) in [5, 5.41) is 18.1. The lowest BCUT2D eigenvalue weighted by Gasteiger charge is -2.19. The molecule has 1 aromatic carbocycles. The third-order valence-corrected chi connectivity index (χ3v) is 2.63. The minimum absolute atomic E-state index is 0.0738. The van der Waals surface area contributed by atoms with Crippen LogP contribution in [0.5, 0.6) is 5.75 Å². The molecule has 0 spiro atoms. The van der Waals surface area contributed by atoms with E-state index in [0.29, 0.717) is 16.9 Å². The van der Waals surface area contributed by atoms with Gasteiger partial charge >= 0.3 is 5.97 Å². The van der Waals surface area contributed by atoms with Gasteiger partial charge in [-0.25, -0.2) is 0 Å². The lowest BCUT2D eigenvalue weighted by Crippen LogP contribution is -2.18. The van der Waals surface area contributed by atoms with E-state index in [4.69, 9.17) is 10.00 Å². The normalized spacial score (nSPS) is 11.9. The molecule has 0 aromatic heterocycles. The summed E-state index contributed by atoms with van der Waals surface area (Å²) in [6.07, 6.45) is 0. The Morgan fingerprint density at radius 1 is 1.47 bits per heavy atom. The number of hydrogen-bond donors (Lipinski definition) is 1. The largest absolute Gasteiger partial charge is 0.496 e. The average Bonchev–Trinajstić information content (AvgIpc) is 2.28. The van der Waals surface area contributed by atoms with Crippen molar-refractivity contribution in [1.29, 1.82) is 5.26 Å². The van der Waals surface area contributed by atoms with Gasteiger partial charge in [-0.2, -0.15) is 5.26 Å². The molecule has 0 aliphatic rings. The number of carboxylic acid groups (broad SMARTS) is 1. The van der Waals surface area contributed by atoms with Crippen LogP contribution in [0, 0.1) is 17.2 Å². The molecule has 0 aliphatic carbocycles. The topological polar surface area (TPSA) is 70.3 Å². The van der Waals surface area contributed by atoms with Crippen molar-refractivity contribution < 1.29 is 14.6 Å².